The lowest BCUT2D eigenvalue weighted by Crippen LogP contribution is -2.36. The van der Waals surface area contributed by atoms with Gasteiger partial charge in [0.05, 0.1) is 5.56 Å². The molecule has 154 valence electrons. The Hall–Kier alpha value is -1.98. The minimum absolute atomic E-state index is 0.0694. The fourth-order valence-corrected chi connectivity index (χ4v) is 4.47. The summed E-state index contributed by atoms with van der Waals surface area (Å²) in [6, 6.07) is 6.51. The predicted molar refractivity (Wildman–Crippen MR) is 108 cm³/mol. The molecule has 28 heavy (non-hydrogen) atoms. The number of alkyl halides is 3. The zero-order valence-electron chi connectivity index (χ0n) is 16.6. The Balaban J connectivity index is 2.05. The van der Waals surface area contributed by atoms with E-state index in [1.807, 2.05) is 6.07 Å². The molecule has 2 heterocycles. The molecule has 0 radical (unpaired) electrons. The highest BCUT2D eigenvalue weighted by molar-refractivity contribution is 5.86. The van der Waals surface area contributed by atoms with Crippen molar-refractivity contribution in [3.8, 4) is 0 Å². The van der Waals surface area contributed by atoms with E-state index in [0.29, 0.717) is 18.2 Å². The van der Waals surface area contributed by atoms with E-state index in [0.717, 1.165) is 57.1 Å². The van der Waals surface area contributed by atoms with Crippen LogP contribution in [0.1, 0.15) is 70.8 Å². The highest BCUT2D eigenvalue weighted by Gasteiger charge is 2.35. The highest BCUT2D eigenvalue weighted by atomic mass is 19.4. The van der Waals surface area contributed by atoms with Gasteiger partial charge < -0.3 is 9.88 Å². The number of halogens is 3. The van der Waals surface area contributed by atoms with Crippen LogP contribution in [0.3, 0.4) is 0 Å². The number of pyridine rings is 1. The van der Waals surface area contributed by atoms with Gasteiger partial charge in [-0.25, -0.2) is 0 Å². The second kappa shape index (κ2) is 8.58. The number of H-pyrrole nitrogens is 1. The molecule has 3 rings (SSSR count). The van der Waals surface area contributed by atoms with Crippen LogP contribution in [0, 0.1) is 0 Å². The van der Waals surface area contributed by atoms with E-state index in [9.17, 15) is 18.0 Å². The summed E-state index contributed by atoms with van der Waals surface area (Å²) in [6.45, 7) is 4.33. The fourth-order valence-electron chi connectivity index (χ4n) is 4.47. The molecule has 2 aromatic rings. The Morgan fingerprint density at radius 3 is 2.18 bits per heavy atom. The molecule has 1 saturated heterocycles. The lowest BCUT2D eigenvalue weighted by Gasteiger charge is -2.33. The normalized spacial score (nSPS) is 20.2. The quantitative estimate of drug-likeness (QED) is 0.601. The van der Waals surface area contributed by atoms with Crippen molar-refractivity contribution < 1.29 is 13.2 Å². The Bertz CT molecular complexity index is 843. The van der Waals surface area contributed by atoms with Gasteiger partial charge in [0.15, 0.2) is 0 Å². The Kier molecular flexibility index (Phi) is 6.36. The van der Waals surface area contributed by atoms with Gasteiger partial charge in [-0.05, 0) is 43.9 Å². The van der Waals surface area contributed by atoms with E-state index in [1.54, 1.807) is 12.1 Å². The van der Waals surface area contributed by atoms with Crippen molar-refractivity contribution in [2.75, 3.05) is 4.90 Å². The van der Waals surface area contributed by atoms with Gasteiger partial charge in [0, 0.05) is 34.7 Å². The summed E-state index contributed by atoms with van der Waals surface area (Å²) in [4.78, 5) is 16.6. The first-order valence-corrected chi connectivity index (χ1v) is 10.4. The van der Waals surface area contributed by atoms with Crippen molar-refractivity contribution in [1.29, 1.82) is 0 Å². The molecule has 0 bridgehead atoms. The van der Waals surface area contributed by atoms with Crippen LogP contribution in [0.25, 0.3) is 10.9 Å². The number of aromatic amines is 1. The summed E-state index contributed by atoms with van der Waals surface area (Å²) < 4.78 is 40.6. The second-order valence-electron chi connectivity index (χ2n) is 7.85. The number of rotatable bonds is 7. The van der Waals surface area contributed by atoms with E-state index >= 15 is 0 Å². The van der Waals surface area contributed by atoms with E-state index < -0.39 is 17.3 Å². The average Bonchev–Trinajstić information content (AvgIpc) is 3.05. The fraction of sp³-hybridized carbons (Fsp3) is 0.591. The van der Waals surface area contributed by atoms with Crippen molar-refractivity contribution in [3.63, 3.8) is 0 Å². The number of nitrogens with one attached hydrogen (secondary N) is 1. The molecule has 1 aliphatic heterocycles. The lowest BCUT2D eigenvalue weighted by atomic mass is 10.0. The minimum atomic E-state index is -4.56. The number of unbranched alkanes of at least 4 members (excludes halogenated alkanes) is 2. The van der Waals surface area contributed by atoms with Crippen molar-refractivity contribution in [3.05, 3.63) is 40.2 Å². The minimum Gasteiger partial charge on any atom is -0.366 e. The van der Waals surface area contributed by atoms with Gasteiger partial charge >= 0.3 is 6.18 Å². The maximum atomic E-state index is 13.5. The molecular weight excluding hydrogens is 365 g/mol. The first-order chi connectivity index (χ1) is 13.3. The Labute approximate surface area is 163 Å². The summed E-state index contributed by atoms with van der Waals surface area (Å²) in [5.74, 6) is 0. The topological polar surface area (TPSA) is 36.1 Å². The Morgan fingerprint density at radius 2 is 1.64 bits per heavy atom. The van der Waals surface area contributed by atoms with Crippen LogP contribution < -0.4 is 10.5 Å². The molecule has 1 aromatic carbocycles. The van der Waals surface area contributed by atoms with Crippen molar-refractivity contribution >= 4 is 16.6 Å². The molecule has 1 fully saturated rings. The lowest BCUT2D eigenvalue weighted by molar-refractivity contribution is -0.136. The maximum Gasteiger partial charge on any atom is 0.417 e. The van der Waals surface area contributed by atoms with Crippen molar-refractivity contribution in [2.24, 2.45) is 0 Å². The van der Waals surface area contributed by atoms with Gasteiger partial charge in [-0.1, -0.05) is 39.5 Å². The van der Waals surface area contributed by atoms with Gasteiger partial charge in [0.2, 0.25) is 5.56 Å². The van der Waals surface area contributed by atoms with Crippen LogP contribution in [0.5, 0.6) is 0 Å². The van der Waals surface area contributed by atoms with Crippen molar-refractivity contribution in [1.82, 2.24) is 4.98 Å². The second-order valence-corrected chi connectivity index (χ2v) is 7.85. The van der Waals surface area contributed by atoms with E-state index in [2.05, 4.69) is 23.7 Å². The summed E-state index contributed by atoms with van der Waals surface area (Å²) in [5, 5.41) is 0.0694. The first kappa shape index (κ1) is 20.7. The van der Waals surface area contributed by atoms with Gasteiger partial charge in [-0.2, -0.15) is 13.2 Å². The van der Waals surface area contributed by atoms with E-state index in [-0.39, 0.29) is 10.9 Å². The van der Waals surface area contributed by atoms with Crippen LogP contribution in [0.2, 0.25) is 0 Å². The molecule has 1 aromatic heterocycles. The smallest absolute Gasteiger partial charge is 0.366 e. The summed E-state index contributed by atoms with van der Waals surface area (Å²) in [5.41, 5.74) is -0.513. The first-order valence-electron chi connectivity index (χ1n) is 10.4. The monoisotopic (exact) mass is 394 g/mol. The zero-order valence-corrected chi connectivity index (χ0v) is 16.6. The molecule has 0 spiro atoms. The standard InChI is InChI=1S/C22H29F3N2O/c1-3-5-7-15-9-10-16(8-6-4-2)27(15)17-11-12-20-18(13-17)19(22(23,24)25)14-21(28)26-20/h11-16H,3-10H2,1-2H3,(H,26,28)/t15-,16-/m1/s1. The molecular formula is C22H29F3N2O. The molecule has 3 nitrogen and oxygen atoms in total. The molecule has 0 saturated carbocycles. The number of fused-ring (bicyclic) bond motifs is 1. The number of anilines is 1. The van der Waals surface area contributed by atoms with Crippen molar-refractivity contribution in [2.45, 2.75) is 83.5 Å². The third-order valence-electron chi connectivity index (χ3n) is 5.83. The number of nitrogens with zero attached hydrogens (tertiary/aromatic N) is 1. The van der Waals surface area contributed by atoms with E-state index in [4.69, 9.17) is 0 Å². The Morgan fingerprint density at radius 1 is 1.04 bits per heavy atom. The van der Waals surface area contributed by atoms with Crippen LogP contribution in [0.15, 0.2) is 29.1 Å². The number of hydrogen-bond donors (Lipinski definition) is 1. The third kappa shape index (κ3) is 4.36. The number of benzene rings is 1. The van der Waals surface area contributed by atoms with Gasteiger partial charge in [-0.3, -0.25) is 4.79 Å². The van der Waals surface area contributed by atoms with Gasteiger partial charge in [0.1, 0.15) is 0 Å². The largest absolute Gasteiger partial charge is 0.417 e. The molecule has 6 heteroatoms. The molecule has 0 unspecified atom stereocenters. The van der Waals surface area contributed by atoms with E-state index in [1.165, 1.54) is 0 Å². The summed E-state index contributed by atoms with van der Waals surface area (Å²) in [6.07, 6.45) is 4.21. The number of hydrogen-bond acceptors (Lipinski definition) is 2. The maximum absolute atomic E-state index is 13.5. The zero-order chi connectivity index (χ0) is 20.3. The summed E-state index contributed by atoms with van der Waals surface area (Å²) in [7, 11) is 0. The molecule has 1 N–H and O–H groups in total. The van der Waals surface area contributed by atoms with Crippen LogP contribution in [-0.2, 0) is 6.18 Å². The van der Waals surface area contributed by atoms with Crippen LogP contribution in [-0.4, -0.2) is 17.1 Å². The predicted octanol–water partition coefficient (Wildman–Crippen LogP) is 6.26. The molecule has 0 aliphatic carbocycles. The molecule has 1 aliphatic rings. The molecule has 0 amide bonds. The van der Waals surface area contributed by atoms with Gasteiger partial charge in [-0.15, -0.1) is 0 Å². The van der Waals surface area contributed by atoms with Gasteiger partial charge in [0.25, 0.3) is 0 Å². The highest BCUT2D eigenvalue weighted by Crippen LogP contribution is 2.39. The van der Waals surface area contributed by atoms with Crippen LogP contribution in [0.4, 0.5) is 18.9 Å². The SMILES string of the molecule is CCCC[C@@H]1CC[C@@H](CCCC)N1c1ccc2[nH]c(=O)cc(C(F)(F)F)c2c1. The summed E-state index contributed by atoms with van der Waals surface area (Å²) >= 11 is 0. The number of aromatic nitrogens is 1. The third-order valence-corrected chi connectivity index (χ3v) is 5.83. The van der Waals surface area contributed by atoms with Crippen LogP contribution >= 0.6 is 0 Å². The average molecular weight is 394 g/mol. The molecule has 2 atom stereocenters.